The fourth-order valence-electron chi connectivity index (χ4n) is 3.26. The van der Waals surface area contributed by atoms with Crippen molar-refractivity contribution >= 4 is 5.69 Å². The van der Waals surface area contributed by atoms with Crippen molar-refractivity contribution in [2.45, 2.75) is 45.4 Å². The maximum atomic E-state index is 5.91. The summed E-state index contributed by atoms with van der Waals surface area (Å²) in [5.74, 6) is 0. The number of morpholine rings is 1. The molecule has 0 radical (unpaired) electrons. The largest absolute Gasteiger partial charge is 0.371 e. The lowest BCUT2D eigenvalue weighted by atomic mass is 10.1. The van der Waals surface area contributed by atoms with E-state index < -0.39 is 0 Å². The molecule has 0 aromatic heterocycles. The van der Waals surface area contributed by atoms with Gasteiger partial charge in [0.25, 0.3) is 0 Å². The Kier molecular flexibility index (Phi) is 3.76. The van der Waals surface area contributed by atoms with Gasteiger partial charge in [-0.2, -0.15) is 0 Å². The van der Waals surface area contributed by atoms with Crippen molar-refractivity contribution < 1.29 is 4.74 Å². The van der Waals surface area contributed by atoms with Crippen LogP contribution in [0.1, 0.15) is 30.9 Å². The van der Waals surface area contributed by atoms with Crippen LogP contribution in [-0.2, 0) is 11.3 Å². The molecule has 19 heavy (non-hydrogen) atoms. The third kappa shape index (κ3) is 2.77. The molecule has 0 spiro atoms. The molecule has 3 heteroatoms. The zero-order valence-electron chi connectivity index (χ0n) is 12.0. The van der Waals surface area contributed by atoms with Gasteiger partial charge in [-0.05, 0) is 43.5 Å². The van der Waals surface area contributed by atoms with E-state index in [-0.39, 0.29) is 0 Å². The number of aryl methyl sites for hydroxylation is 1. The summed E-state index contributed by atoms with van der Waals surface area (Å²) in [5, 5.41) is 3.38. The molecular formula is C16H24N2O. The second-order valence-corrected chi connectivity index (χ2v) is 5.76. The monoisotopic (exact) mass is 260 g/mol. The van der Waals surface area contributed by atoms with Crippen LogP contribution in [-0.4, -0.2) is 31.8 Å². The maximum Gasteiger partial charge on any atom is 0.0755 e. The van der Waals surface area contributed by atoms with Crippen LogP contribution in [0.2, 0.25) is 0 Å². The van der Waals surface area contributed by atoms with Crippen molar-refractivity contribution in [1.82, 2.24) is 5.32 Å². The average molecular weight is 260 g/mol. The van der Waals surface area contributed by atoms with E-state index in [2.05, 4.69) is 42.3 Å². The minimum atomic E-state index is 0.458. The van der Waals surface area contributed by atoms with Crippen molar-refractivity contribution in [3.05, 3.63) is 29.3 Å². The highest BCUT2D eigenvalue weighted by Crippen LogP contribution is 2.31. The Hall–Kier alpha value is -1.06. The molecular weight excluding hydrogens is 236 g/mol. The molecule has 2 heterocycles. The Bertz CT molecular complexity index is 434. The quantitative estimate of drug-likeness (QED) is 0.900. The Labute approximate surface area is 115 Å². The van der Waals surface area contributed by atoms with Gasteiger partial charge in [-0.3, -0.25) is 0 Å². The predicted octanol–water partition coefficient (Wildman–Crippen LogP) is 2.47. The summed E-state index contributed by atoms with van der Waals surface area (Å²) in [4.78, 5) is 2.51. The molecule has 3 nitrogen and oxygen atoms in total. The van der Waals surface area contributed by atoms with Crippen molar-refractivity contribution in [3.63, 3.8) is 0 Å². The van der Waals surface area contributed by atoms with Crippen molar-refractivity contribution in [2.24, 2.45) is 0 Å². The standard InChI is InChI=1S/C16H24N2O/c1-3-17-9-13-4-7-16(12(2)8-13)18-10-14-5-6-15(11-18)19-14/h4,7-8,14-15,17H,3,5-6,9-11H2,1-2H3. The average Bonchev–Trinajstić information content (AvgIpc) is 2.75. The van der Waals surface area contributed by atoms with E-state index in [4.69, 9.17) is 4.74 Å². The summed E-state index contributed by atoms with van der Waals surface area (Å²) in [6, 6.07) is 6.85. The van der Waals surface area contributed by atoms with Crippen LogP contribution in [0.15, 0.2) is 18.2 Å². The molecule has 2 saturated heterocycles. The number of hydrogen-bond donors (Lipinski definition) is 1. The normalized spacial score (nSPS) is 25.9. The highest BCUT2D eigenvalue weighted by Gasteiger charge is 2.34. The number of fused-ring (bicyclic) bond motifs is 2. The van der Waals surface area contributed by atoms with E-state index in [0.717, 1.165) is 26.2 Å². The Morgan fingerprint density at radius 2 is 2.00 bits per heavy atom. The summed E-state index contributed by atoms with van der Waals surface area (Å²) >= 11 is 0. The summed E-state index contributed by atoms with van der Waals surface area (Å²) in [5.41, 5.74) is 4.15. The van der Waals surface area contributed by atoms with Gasteiger partial charge >= 0.3 is 0 Å². The molecule has 0 amide bonds. The van der Waals surface area contributed by atoms with Gasteiger partial charge < -0.3 is 15.0 Å². The van der Waals surface area contributed by atoms with Gasteiger partial charge in [0.05, 0.1) is 12.2 Å². The molecule has 1 aromatic carbocycles. The second-order valence-electron chi connectivity index (χ2n) is 5.76. The number of anilines is 1. The van der Waals surface area contributed by atoms with E-state index in [1.165, 1.54) is 29.7 Å². The second kappa shape index (κ2) is 5.51. The van der Waals surface area contributed by atoms with Gasteiger partial charge in [-0.1, -0.05) is 19.1 Å². The van der Waals surface area contributed by atoms with E-state index in [0.29, 0.717) is 12.2 Å². The molecule has 2 atom stereocenters. The molecule has 1 aromatic rings. The highest BCUT2D eigenvalue weighted by atomic mass is 16.5. The summed E-state index contributed by atoms with van der Waals surface area (Å²) in [6.45, 7) is 8.47. The van der Waals surface area contributed by atoms with Gasteiger partial charge in [-0.25, -0.2) is 0 Å². The molecule has 2 aliphatic heterocycles. The lowest BCUT2D eigenvalue weighted by molar-refractivity contribution is 0.0304. The zero-order valence-corrected chi connectivity index (χ0v) is 12.0. The molecule has 3 rings (SSSR count). The highest BCUT2D eigenvalue weighted by molar-refractivity contribution is 5.55. The summed E-state index contributed by atoms with van der Waals surface area (Å²) in [6.07, 6.45) is 3.39. The SMILES string of the molecule is CCNCc1ccc(N2CC3CCC(C2)O3)c(C)c1. The molecule has 2 bridgehead atoms. The Morgan fingerprint density at radius 3 is 2.63 bits per heavy atom. The van der Waals surface area contributed by atoms with Gasteiger partial charge in [0.15, 0.2) is 0 Å². The van der Waals surface area contributed by atoms with Crippen LogP contribution in [0, 0.1) is 6.92 Å². The number of ether oxygens (including phenoxy) is 1. The first-order chi connectivity index (χ1) is 9.26. The Balaban J connectivity index is 1.74. The lowest BCUT2D eigenvalue weighted by Crippen LogP contribution is -2.42. The molecule has 0 saturated carbocycles. The van der Waals surface area contributed by atoms with Gasteiger partial charge in [0.2, 0.25) is 0 Å². The number of benzene rings is 1. The van der Waals surface area contributed by atoms with E-state index in [9.17, 15) is 0 Å². The predicted molar refractivity (Wildman–Crippen MR) is 78.7 cm³/mol. The number of nitrogens with zero attached hydrogens (tertiary/aromatic N) is 1. The van der Waals surface area contributed by atoms with Crippen molar-refractivity contribution in [2.75, 3.05) is 24.5 Å². The molecule has 2 unspecified atom stereocenters. The number of rotatable bonds is 4. The number of hydrogen-bond acceptors (Lipinski definition) is 3. The minimum Gasteiger partial charge on any atom is -0.371 e. The van der Waals surface area contributed by atoms with Crippen LogP contribution in [0.25, 0.3) is 0 Å². The van der Waals surface area contributed by atoms with Crippen LogP contribution < -0.4 is 10.2 Å². The first-order valence-corrected chi connectivity index (χ1v) is 7.47. The lowest BCUT2D eigenvalue weighted by Gasteiger charge is -2.35. The first-order valence-electron chi connectivity index (χ1n) is 7.47. The van der Waals surface area contributed by atoms with Gasteiger partial charge in [0.1, 0.15) is 0 Å². The molecule has 2 fully saturated rings. The minimum absolute atomic E-state index is 0.458. The van der Waals surface area contributed by atoms with Crippen LogP contribution >= 0.6 is 0 Å². The van der Waals surface area contributed by atoms with Gasteiger partial charge in [0, 0.05) is 25.3 Å². The molecule has 1 N–H and O–H groups in total. The molecule has 104 valence electrons. The van der Waals surface area contributed by atoms with Gasteiger partial charge in [-0.15, -0.1) is 0 Å². The van der Waals surface area contributed by atoms with Crippen LogP contribution in [0.5, 0.6) is 0 Å². The third-order valence-corrected chi connectivity index (χ3v) is 4.22. The van der Waals surface area contributed by atoms with E-state index in [1.54, 1.807) is 0 Å². The van der Waals surface area contributed by atoms with Crippen LogP contribution in [0.3, 0.4) is 0 Å². The van der Waals surface area contributed by atoms with E-state index >= 15 is 0 Å². The maximum absolute atomic E-state index is 5.91. The van der Waals surface area contributed by atoms with Crippen molar-refractivity contribution in [3.8, 4) is 0 Å². The third-order valence-electron chi connectivity index (χ3n) is 4.22. The van der Waals surface area contributed by atoms with E-state index in [1.807, 2.05) is 0 Å². The zero-order chi connectivity index (χ0) is 13.2. The molecule has 0 aliphatic carbocycles. The topological polar surface area (TPSA) is 24.5 Å². The smallest absolute Gasteiger partial charge is 0.0755 e. The molecule has 2 aliphatic rings. The number of nitrogens with one attached hydrogen (secondary N) is 1. The van der Waals surface area contributed by atoms with Crippen molar-refractivity contribution in [1.29, 1.82) is 0 Å². The fourth-order valence-corrected chi connectivity index (χ4v) is 3.26. The Morgan fingerprint density at radius 1 is 1.26 bits per heavy atom. The van der Waals surface area contributed by atoms with Crippen LogP contribution in [0.4, 0.5) is 5.69 Å². The summed E-state index contributed by atoms with van der Waals surface area (Å²) in [7, 11) is 0. The summed E-state index contributed by atoms with van der Waals surface area (Å²) < 4.78 is 5.91. The fraction of sp³-hybridized carbons (Fsp3) is 0.625. The first kappa shape index (κ1) is 12.9.